The van der Waals surface area contributed by atoms with Gasteiger partial charge in [-0.1, -0.05) is 0 Å². The van der Waals surface area contributed by atoms with Gasteiger partial charge < -0.3 is 15.8 Å². The molecule has 1 unspecified atom stereocenters. The molecule has 5 heteroatoms. The normalized spacial score (nSPS) is 12.2. The number of benzene rings is 1. The molecule has 94 valence electrons. The van der Waals surface area contributed by atoms with Gasteiger partial charge in [0, 0.05) is 25.3 Å². The van der Waals surface area contributed by atoms with Gasteiger partial charge in [0.05, 0.1) is 5.69 Å². The first-order valence-corrected chi connectivity index (χ1v) is 5.39. The number of rotatable bonds is 6. The van der Waals surface area contributed by atoms with Crippen molar-refractivity contribution in [3.05, 3.63) is 29.6 Å². The second-order valence-electron chi connectivity index (χ2n) is 3.89. The lowest BCUT2D eigenvalue weighted by Crippen LogP contribution is -2.19. The predicted octanol–water partition coefficient (Wildman–Crippen LogP) is 1.76. The third-order valence-electron chi connectivity index (χ3n) is 2.41. The first-order chi connectivity index (χ1) is 8.04. The van der Waals surface area contributed by atoms with Crippen LogP contribution >= 0.6 is 0 Å². The average Bonchev–Trinajstić information content (AvgIpc) is 2.29. The van der Waals surface area contributed by atoms with Crippen molar-refractivity contribution in [2.45, 2.75) is 19.4 Å². The number of methoxy groups -OCH3 is 1. The van der Waals surface area contributed by atoms with Crippen LogP contribution in [0.1, 0.15) is 23.7 Å². The van der Waals surface area contributed by atoms with Gasteiger partial charge in [-0.25, -0.2) is 4.39 Å². The molecule has 0 spiro atoms. The van der Waals surface area contributed by atoms with E-state index in [1.54, 1.807) is 7.11 Å². The van der Waals surface area contributed by atoms with Crippen LogP contribution in [0.25, 0.3) is 0 Å². The first kappa shape index (κ1) is 13.4. The number of ether oxygens (including phenoxy) is 1. The van der Waals surface area contributed by atoms with Crippen LogP contribution in [0.3, 0.4) is 0 Å². The molecule has 0 aliphatic carbocycles. The number of amides is 1. The van der Waals surface area contributed by atoms with Crippen LogP contribution in [0.2, 0.25) is 0 Å². The molecule has 0 fully saturated rings. The number of nitrogens with one attached hydrogen (secondary N) is 1. The molecule has 1 aromatic carbocycles. The van der Waals surface area contributed by atoms with Crippen LogP contribution in [0.5, 0.6) is 0 Å². The molecular weight excluding hydrogens is 223 g/mol. The van der Waals surface area contributed by atoms with Gasteiger partial charge in [-0.05, 0) is 31.5 Å². The van der Waals surface area contributed by atoms with Gasteiger partial charge in [0.1, 0.15) is 5.82 Å². The number of carbonyl (C=O) groups is 1. The van der Waals surface area contributed by atoms with Gasteiger partial charge in [0.15, 0.2) is 0 Å². The van der Waals surface area contributed by atoms with Crippen molar-refractivity contribution in [3.8, 4) is 0 Å². The Hall–Kier alpha value is -1.62. The second-order valence-corrected chi connectivity index (χ2v) is 3.89. The number of hydrogen-bond donors (Lipinski definition) is 2. The molecule has 0 saturated heterocycles. The van der Waals surface area contributed by atoms with E-state index in [9.17, 15) is 9.18 Å². The Kier molecular flexibility index (Phi) is 4.90. The summed E-state index contributed by atoms with van der Waals surface area (Å²) in [6.45, 7) is 2.50. The third-order valence-corrected chi connectivity index (χ3v) is 2.41. The summed E-state index contributed by atoms with van der Waals surface area (Å²) in [5.74, 6) is -0.975. The zero-order valence-corrected chi connectivity index (χ0v) is 10.00. The fourth-order valence-corrected chi connectivity index (χ4v) is 1.42. The van der Waals surface area contributed by atoms with E-state index < -0.39 is 11.7 Å². The summed E-state index contributed by atoms with van der Waals surface area (Å²) in [7, 11) is 1.61. The van der Waals surface area contributed by atoms with Gasteiger partial charge in [-0.3, -0.25) is 4.79 Å². The summed E-state index contributed by atoms with van der Waals surface area (Å²) in [6, 6.07) is 4.06. The molecule has 1 atom stereocenters. The van der Waals surface area contributed by atoms with Crippen LogP contribution in [-0.2, 0) is 4.74 Å². The summed E-state index contributed by atoms with van der Waals surface area (Å²) >= 11 is 0. The molecule has 3 N–H and O–H groups in total. The number of anilines is 1. The topological polar surface area (TPSA) is 64.3 Å². The van der Waals surface area contributed by atoms with Gasteiger partial charge in [0.2, 0.25) is 5.91 Å². The molecule has 0 saturated carbocycles. The Labute approximate surface area is 100.0 Å². The second kappa shape index (κ2) is 6.20. The summed E-state index contributed by atoms with van der Waals surface area (Å²) in [5, 5.41) is 2.98. The minimum atomic E-state index is -0.572. The van der Waals surface area contributed by atoms with E-state index >= 15 is 0 Å². The van der Waals surface area contributed by atoms with Crippen molar-refractivity contribution in [2.24, 2.45) is 5.73 Å². The molecule has 0 aromatic heterocycles. The number of hydrogen-bond acceptors (Lipinski definition) is 3. The summed E-state index contributed by atoms with van der Waals surface area (Å²) in [5.41, 5.74) is 5.70. The van der Waals surface area contributed by atoms with Crippen molar-refractivity contribution in [1.82, 2.24) is 0 Å². The molecule has 1 aromatic rings. The maximum Gasteiger partial charge on any atom is 0.248 e. The SMILES string of the molecule is COCCC(C)Nc1cc(C(N)=O)ccc1F. The van der Waals surface area contributed by atoms with Gasteiger partial charge >= 0.3 is 0 Å². The van der Waals surface area contributed by atoms with E-state index in [1.807, 2.05) is 6.92 Å². The van der Waals surface area contributed by atoms with Gasteiger partial charge in [-0.15, -0.1) is 0 Å². The number of primary amides is 1. The lowest BCUT2D eigenvalue weighted by atomic mass is 10.1. The lowest BCUT2D eigenvalue weighted by Gasteiger charge is -2.15. The Bertz CT molecular complexity index is 396. The number of carbonyl (C=O) groups excluding carboxylic acids is 1. The van der Waals surface area contributed by atoms with Crippen molar-refractivity contribution >= 4 is 11.6 Å². The largest absolute Gasteiger partial charge is 0.385 e. The van der Waals surface area contributed by atoms with E-state index in [1.165, 1.54) is 18.2 Å². The molecule has 4 nitrogen and oxygen atoms in total. The van der Waals surface area contributed by atoms with E-state index in [-0.39, 0.29) is 17.3 Å². The molecule has 0 aliphatic heterocycles. The van der Waals surface area contributed by atoms with Crippen LogP contribution in [0.15, 0.2) is 18.2 Å². The monoisotopic (exact) mass is 240 g/mol. The van der Waals surface area contributed by atoms with Crippen molar-refractivity contribution in [2.75, 3.05) is 19.0 Å². The van der Waals surface area contributed by atoms with Crippen LogP contribution < -0.4 is 11.1 Å². The molecule has 17 heavy (non-hydrogen) atoms. The first-order valence-electron chi connectivity index (χ1n) is 5.39. The van der Waals surface area contributed by atoms with Crippen LogP contribution in [-0.4, -0.2) is 25.7 Å². The fourth-order valence-electron chi connectivity index (χ4n) is 1.42. The predicted molar refractivity (Wildman–Crippen MR) is 64.5 cm³/mol. The quantitative estimate of drug-likeness (QED) is 0.796. The van der Waals surface area contributed by atoms with Crippen molar-refractivity contribution < 1.29 is 13.9 Å². The highest BCUT2D eigenvalue weighted by molar-refractivity contribution is 5.93. The number of nitrogens with two attached hydrogens (primary N) is 1. The Morgan fingerprint density at radius 2 is 2.29 bits per heavy atom. The highest BCUT2D eigenvalue weighted by atomic mass is 19.1. The number of halogens is 1. The average molecular weight is 240 g/mol. The molecule has 0 heterocycles. The Morgan fingerprint density at radius 1 is 1.59 bits per heavy atom. The van der Waals surface area contributed by atoms with Crippen molar-refractivity contribution in [1.29, 1.82) is 0 Å². The standard InChI is InChI=1S/C12H17FN2O2/c1-8(5-6-17-2)15-11-7-9(12(14)16)3-4-10(11)13/h3-4,7-8,15H,5-6H2,1-2H3,(H2,14,16). The zero-order chi connectivity index (χ0) is 12.8. The highest BCUT2D eigenvalue weighted by Gasteiger charge is 2.09. The molecule has 1 amide bonds. The summed E-state index contributed by atoms with van der Waals surface area (Å²) in [4.78, 5) is 11.0. The Morgan fingerprint density at radius 3 is 2.88 bits per heavy atom. The van der Waals surface area contributed by atoms with Crippen LogP contribution in [0, 0.1) is 5.82 Å². The van der Waals surface area contributed by atoms with E-state index in [2.05, 4.69) is 5.32 Å². The van der Waals surface area contributed by atoms with E-state index in [0.29, 0.717) is 6.61 Å². The molecule has 0 radical (unpaired) electrons. The Balaban J connectivity index is 2.75. The molecule has 0 aliphatic rings. The highest BCUT2D eigenvalue weighted by Crippen LogP contribution is 2.17. The third kappa shape index (κ3) is 4.03. The molecule has 0 bridgehead atoms. The smallest absolute Gasteiger partial charge is 0.248 e. The maximum atomic E-state index is 13.5. The van der Waals surface area contributed by atoms with Crippen LogP contribution in [0.4, 0.5) is 10.1 Å². The lowest BCUT2D eigenvalue weighted by molar-refractivity contribution is 0.100. The molecular formula is C12H17FN2O2. The summed E-state index contributed by atoms with van der Waals surface area (Å²) < 4.78 is 18.4. The zero-order valence-electron chi connectivity index (χ0n) is 10.00. The van der Waals surface area contributed by atoms with E-state index in [4.69, 9.17) is 10.5 Å². The summed E-state index contributed by atoms with van der Waals surface area (Å²) in [6.07, 6.45) is 0.747. The fraction of sp³-hybridized carbons (Fsp3) is 0.417. The van der Waals surface area contributed by atoms with Gasteiger partial charge in [-0.2, -0.15) is 0 Å². The van der Waals surface area contributed by atoms with Gasteiger partial charge in [0.25, 0.3) is 0 Å². The minimum absolute atomic E-state index is 0.0487. The van der Waals surface area contributed by atoms with E-state index in [0.717, 1.165) is 6.42 Å². The molecule has 1 rings (SSSR count). The van der Waals surface area contributed by atoms with Crippen molar-refractivity contribution in [3.63, 3.8) is 0 Å². The maximum absolute atomic E-state index is 13.5. The minimum Gasteiger partial charge on any atom is -0.385 e.